The fourth-order valence-corrected chi connectivity index (χ4v) is 1.95. The Kier molecular flexibility index (Phi) is 2.17. The maximum atomic E-state index is 4.21. The standard InChI is InChI=1S/C10H15N3/c1-10(4-2-3-5-10)13-9-8-11-6-7-12-9/h6-8H,2-5H2,1H3,(H,12,13). The van der Waals surface area contributed by atoms with Gasteiger partial charge in [-0.05, 0) is 19.8 Å². The zero-order valence-electron chi connectivity index (χ0n) is 7.95. The fraction of sp³-hybridized carbons (Fsp3) is 0.600. The van der Waals surface area contributed by atoms with Crippen molar-refractivity contribution >= 4 is 5.82 Å². The van der Waals surface area contributed by atoms with Crippen molar-refractivity contribution < 1.29 is 0 Å². The summed E-state index contributed by atoms with van der Waals surface area (Å²) in [5, 5.41) is 3.44. The molecule has 1 aromatic rings. The number of anilines is 1. The quantitative estimate of drug-likeness (QED) is 0.752. The average molecular weight is 177 g/mol. The van der Waals surface area contributed by atoms with Crippen LogP contribution < -0.4 is 5.32 Å². The molecule has 3 heteroatoms. The maximum absolute atomic E-state index is 4.21. The second kappa shape index (κ2) is 3.32. The van der Waals surface area contributed by atoms with E-state index in [1.54, 1.807) is 18.6 Å². The van der Waals surface area contributed by atoms with Gasteiger partial charge in [0.15, 0.2) is 0 Å². The number of rotatable bonds is 2. The van der Waals surface area contributed by atoms with Crippen LogP contribution in [0.25, 0.3) is 0 Å². The van der Waals surface area contributed by atoms with E-state index in [0.29, 0.717) is 0 Å². The fourth-order valence-electron chi connectivity index (χ4n) is 1.95. The third kappa shape index (κ3) is 1.97. The third-order valence-corrected chi connectivity index (χ3v) is 2.70. The summed E-state index contributed by atoms with van der Waals surface area (Å²) in [7, 11) is 0. The highest BCUT2D eigenvalue weighted by molar-refractivity contribution is 5.34. The molecule has 0 bridgehead atoms. The first-order valence-corrected chi connectivity index (χ1v) is 4.83. The molecule has 1 aliphatic rings. The topological polar surface area (TPSA) is 37.8 Å². The molecule has 0 aliphatic heterocycles. The van der Waals surface area contributed by atoms with Crippen molar-refractivity contribution in [1.29, 1.82) is 0 Å². The van der Waals surface area contributed by atoms with Crippen molar-refractivity contribution in [2.24, 2.45) is 0 Å². The molecule has 2 rings (SSSR count). The van der Waals surface area contributed by atoms with Crippen molar-refractivity contribution in [3.8, 4) is 0 Å². The smallest absolute Gasteiger partial charge is 0.144 e. The molecule has 0 saturated heterocycles. The van der Waals surface area contributed by atoms with Gasteiger partial charge >= 0.3 is 0 Å². The number of aromatic nitrogens is 2. The van der Waals surface area contributed by atoms with Crippen LogP contribution in [0.3, 0.4) is 0 Å². The Bertz CT molecular complexity index is 265. The SMILES string of the molecule is CC1(Nc2cnccn2)CCCC1. The molecular weight excluding hydrogens is 162 g/mol. The average Bonchev–Trinajstić information content (AvgIpc) is 2.54. The second-order valence-corrected chi connectivity index (χ2v) is 3.98. The van der Waals surface area contributed by atoms with Gasteiger partial charge in [0.1, 0.15) is 5.82 Å². The van der Waals surface area contributed by atoms with Gasteiger partial charge in [0.25, 0.3) is 0 Å². The summed E-state index contributed by atoms with van der Waals surface area (Å²) in [5.74, 6) is 0.895. The first kappa shape index (κ1) is 8.48. The van der Waals surface area contributed by atoms with E-state index in [4.69, 9.17) is 0 Å². The lowest BCUT2D eigenvalue weighted by atomic mass is 10.0. The van der Waals surface area contributed by atoms with Gasteiger partial charge < -0.3 is 5.32 Å². The molecule has 0 aromatic carbocycles. The van der Waals surface area contributed by atoms with Gasteiger partial charge in [-0.3, -0.25) is 4.98 Å². The molecule has 13 heavy (non-hydrogen) atoms. The van der Waals surface area contributed by atoms with E-state index in [9.17, 15) is 0 Å². The highest BCUT2D eigenvalue weighted by atomic mass is 15.1. The molecule has 1 aromatic heterocycles. The normalized spacial score (nSPS) is 20.1. The van der Waals surface area contributed by atoms with Gasteiger partial charge in [-0.1, -0.05) is 12.8 Å². The zero-order valence-corrected chi connectivity index (χ0v) is 7.95. The summed E-state index contributed by atoms with van der Waals surface area (Å²) in [5.41, 5.74) is 0.246. The van der Waals surface area contributed by atoms with Gasteiger partial charge in [-0.15, -0.1) is 0 Å². The van der Waals surface area contributed by atoms with Crippen molar-refractivity contribution in [3.05, 3.63) is 18.6 Å². The maximum Gasteiger partial charge on any atom is 0.144 e. The molecule has 0 unspecified atom stereocenters. The Morgan fingerprint density at radius 1 is 1.31 bits per heavy atom. The number of nitrogens with zero attached hydrogens (tertiary/aromatic N) is 2. The van der Waals surface area contributed by atoms with E-state index < -0.39 is 0 Å². The van der Waals surface area contributed by atoms with E-state index in [2.05, 4.69) is 22.2 Å². The van der Waals surface area contributed by atoms with Gasteiger partial charge in [-0.25, -0.2) is 4.98 Å². The third-order valence-electron chi connectivity index (χ3n) is 2.70. The lowest BCUT2D eigenvalue weighted by Gasteiger charge is -2.25. The van der Waals surface area contributed by atoms with Crippen LogP contribution in [0.2, 0.25) is 0 Å². The van der Waals surface area contributed by atoms with Gasteiger partial charge in [-0.2, -0.15) is 0 Å². The molecule has 0 amide bonds. The van der Waals surface area contributed by atoms with Crippen LogP contribution in [0, 0.1) is 0 Å². The Labute approximate surface area is 78.6 Å². The zero-order chi connectivity index (χ0) is 9.15. The van der Waals surface area contributed by atoms with E-state index in [1.807, 2.05) is 0 Å². The first-order chi connectivity index (χ1) is 6.29. The second-order valence-electron chi connectivity index (χ2n) is 3.98. The van der Waals surface area contributed by atoms with Crippen LogP contribution in [-0.4, -0.2) is 15.5 Å². The summed E-state index contributed by atoms with van der Waals surface area (Å²) >= 11 is 0. The van der Waals surface area contributed by atoms with Crippen molar-refractivity contribution in [1.82, 2.24) is 9.97 Å². The van der Waals surface area contributed by atoms with E-state index in [-0.39, 0.29) is 5.54 Å². The molecule has 3 nitrogen and oxygen atoms in total. The highest BCUT2D eigenvalue weighted by Gasteiger charge is 2.28. The minimum Gasteiger partial charge on any atom is -0.364 e. The predicted octanol–water partition coefficient (Wildman–Crippen LogP) is 2.22. The molecule has 70 valence electrons. The summed E-state index contributed by atoms with van der Waals surface area (Å²) in [4.78, 5) is 8.25. The van der Waals surface area contributed by atoms with Crippen molar-refractivity contribution in [3.63, 3.8) is 0 Å². The Morgan fingerprint density at radius 3 is 2.69 bits per heavy atom. The monoisotopic (exact) mass is 177 g/mol. The minimum atomic E-state index is 0.246. The van der Waals surface area contributed by atoms with Crippen LogP contribution in [0.15, 0.2) is 18.6 Å². The van der Waals surface area contributed by atoms with Gasteiger partial charge in [0.05, 0.1) is 6.20 Å². The number of nitrogens with one attached hydrogen (secondary N) is 1. The van der Waals surface area contributed by atoms with Crippen molar-refractivity contribution in [2.75, 3.05) is 5.32 Å². The van der Waals surface area contributed by atoms with Crippen LogP contribution >= 0.6 is 0 Å². The molecule has 1 N–H and O–H groups in total. The molecule has 0 radical (unpaired) electrons. The summed E-state index contributed by atoms with van der Waals surface area (Å²) in [6, 6.07) is 0. The number of hydrogen-bond acceptors (Lipinski definition) is 3. The number of hydrogen-bond donors (Lipinski definition) is 1. The molecule has 1 saturated carbocycles. The molecule has 1 fully saturated rings. The molecule has 0 atom stereocenters. The lowest BCUT2D eigenvalue weighted by Crippen LogP contribution is -2.31. The first-order valence-electron chi connectivity index (χ1n) is 4.83. The minimum absolute atomic E-state index is 0.246. The van der Waals surface area contributed by atoms with Gasteiger partial charge in [0, 0.05) is 17.9 Å². The lowest BCUT2D eigenvalue weighted by molar-refractivity contribution is 0.530. The predicted molar refractivity (Wildman–Crippen MR) is 52.5 cm³/mol. The molecule has 1 aliphatic carbocycles. The highest BCUT2D eigenvalue weighted by Crippen LogP contribution is 2.31. The van der Waals surface area contributed by atoms with Crippen LogP contribution in [0.4, 0.5) is 5.82 Å². The molecule has 1 heterocycles. The largest absolute Gasteiger partial charge is 0.364 e. The summed E-state index contributed by atoms with van der Waals surface area (Å²) in [6.45, 7) is 2.26. The van der Waals surface area contributed by atoms with Crippen LogP contribution in [0.1, 0.15) is 32.6 Å². The van der Waals surface area contributed by atoms with Crippen LogP contribution in [0.5, 0.6) is 0 Å². The molecule has 0 spiro atoms. The van der Waals surface area contributed by atoms with Crippen molar-refractivity contribution in [2.45, 2.75) is 38.1 Å². The summed E-state index contributed by atoms with van der Waals surface area (Å²) < 4.78 is 0. The van der Waals surface area contributed by atoms with E-state index >= 15 is 0 Å². The Hall–Kier alpha value is -1.12. The van der Waals surface area contributed by atoms with E-state index in [1.165, 1.54) is 25.7 Å². The molecular formula is C10H15N3. The Morgan fingerprint density at radius 2 is 2.08 bits per heavy atom. The van der Waals surface area contributed by atoms with Crippen LogP contribution in [-0.2, 0) is 0 Å². The summed E-state index contributed by atoms with van der Waals surface area (Å²) in [6.07, 6.45) is 10.3. The Balaban J connectivity index is 2.05. The van der Waals surface area contributed by atoms with E-state index in [0.717, 1.165) is 5.82 Å². The van der Waals surface area contributed by atoms with Gasteiger partial charge in [0.2, 0.25) is 0 Å².